The zero-order valence-electron chi connectivity index (χ0n) is 11.4. The minimum absolute atomic E-state index is 0.117. The van der Waals surface area contributed by atoms with Crippen LogP contribution in [0.25, 0.3) is 0 Å². The Hall–Kier alpha value is -1.47. The highest BCUT2D eigenvalue weighted by Crippen LogP contribution is 2.10. The number of likely N-dealkylation sites (tertiary alicyclic amines) is 1. The van der Waals surface area contributed by atoms with E-state index in [1.807, 2.05) is 4.90 Å². The Morgan fingerprint density at radius 1 is 1.35 bits per heavy atom. The Balaban J connectivity index is 1.72. The number of nitrogens with two attached hydrogens (primary N) is 1. The quantitative estimate of drug-likeness (QED) is 0.838. The van der Waals surface area contributed by atoms with Crippen molar-refractivity contribution in [3.63, 3.8) is 0 Å². The predicted molar refractivity (Wildman–Crippen MR) is 77.4 cm³/mol. The SMILES string of the molecule is NCc1nc(C(=O)NCCC(=O)N2CCCCC2)cs1. The van der Waals surface area contributed by atoms with Gasteiger partial charge in [0.25, 0.3) is 5.91 Å². The Bertz CT molecular complexity index is 469. The lowest BCUT2D eigenvalue weighted by Crippen LogP contribution is -2.37. The van der Waals surface area contributed by atoms with Crippen LogP contribution >= 0.6 is 11.3 Å². The summed E-state index contributed by atoms with van der Waals surface area (Å²) in [4.78, 5) is 29.7. The molecule has 20 heavy (non-hydrogen) atoms. The summed E-state index contributed by atoms with van der Waals surface area (Å²) >= 11 is 1.37. The van der Waals surface area contributed by atoms with Crippen molar-refractivity contribution in [2.75, 3.05) is 19.6 Å². The molecular weight excluding hydrogens is 276 g/mol. The smallest absolute Gasteiger partial charge is 0.270 e. The van der Waals surface area contributed by atoms with Crippen LogP contribution < -0.4 is 11.1 Å². The fraction of sp³-hybridized carbons (Fsp3) is 0.615. The maximum atomic E-state index is 11.9. The number of amides is 2. The lowest BCUT2D eigenvalue weighted by Gasteiger charge is -2.26. The normalized spacial score (nSPS) is 15.2. The van der Waals surface area contributed by atoms with Gasteiger partial charge in [-0.25, -0.2) is 4.98 Å². The number of hydrogen-bond acceptors (Lipinski definition) is 5. The standard InChI is InChI=1S/C13H20N4O2S/c14-8-11-16-10(9-20-11)13(19)15-5-4-12(18)17-6-2-1-3-7-17/h9H,1-8,14H2,(H,15,19). The second-order valence-electron chi connectivity index (χ2n) is 4.78. The highest BCUT2D eigenvalue weighted by Gasteiger charge is 2.16. The molecule has 1 saturated heterocycles. The van der Waals surface area contributed by atoms with E-state index < -0.39 is 0 Å². The van der Waals surface area contributed by atoms with E-state index in [4.69, 9.17) is 5.73 Å². The number of nitrogens with zero attached hydrogens (tertiary/aromatic N) is 2. The molecule has 0 radical (unpaired) electrons. The lowest BCUT2D eigenvalue weighted by molar-refractivity contribution is -0.131. The fourth-order valence-corrected chi connectivity index (χ4v) is 2.84. The fourth-order valence-electron chi connectivity index (χ4n) is 2.18. The maximum absolute atomic E-state index is 11.9. The van der Waals surface area contributed by atoms with Gasteiger partial charge in [-0.2, -0.15) is 0 Å². The van der Waals surface area contributed by atoms with E-state index in [0.29, 0.717) is 25.2 Å². The largest absolute Gasteiger partial charge is 0.350 e. The van der Waals surface area contributed by atoms with Crippen LogP contribution in [-0.4, -0.2) is 41.3 Å². The molecule has 0 atom stereocenters. The van der Waals surface area contributed by atoms with E-state index in [0.717, 1.165) is 30.9 Å². The Kier molecular flexibility index (Phi) is 5.49. The summed E-state index contributed by atoms with van der Waals surface area (Å²) in [6.07, 6.45) is 3.71. The van der Waals surface area contributed by atoms with Crippen LogP contribution in [0.3, 0.4) is 0 Å². The number of piperidine rings is 1. The maximum Gasteiger partial charge on any atom is 0.270 e. The molecule has 1 aromatic heterocycles. The first kappa shape index (κ1) is 14.9. The first-order valence-corrected chi connectivity index (χ1v) is 7.79. The molecule has 0 aliphatic carbocycles. The molecule has 0 spiro atoms. The van der Waals surface area contributed by atoms with Crippen molar-refractivity contribution in [3.05, 3.63) is 16.1 Å². The monoisotopic (exact) mass is 296 g/mol. The molecule has 2 rings (SSSR count). The number of nitrogens with one attached hydrogen (secondary N) is 1. The highest BCUT2D eigenvalue weighted by molar-refractivity contribution is 7.09. The van der Waals surface area contributed by atoms with E-state index in [2.05, 4.69) is 10.3 Å². The molecule has 1 aromatic rings. The van der Waals surface area contributed by atoms with Gasteiger partial charge in [-0.1, -0.05) is 0 Å². The van der Waals surface area contributed by atoms with E-state index in [9.17, 15) is 9.59 Å². The average molecular weight is 296 g/mol. The molecule has 110 valence electrons. The zero-order valence-corrected chi connectivity index (χ0v) is 12.2. The molecule has 3 N–H and O–H groups in total. The average Bonchev–Trinajstić information content (AvgIpc) is 2.97. The second-order valence-corrected chi connectivity index (χ2v) is 5.72. The summed E-state index contributed by atoms with van der Waals surface area (Å²) in [7, 11) is 0. The van der Waals surface area contributed by atoms with E-state index in [1.165, 1.54) is 17.8 Å². The molecule has 1 aliphatic rings. The van der Waals surface area contributed by atoms with Gasteiger partial charge in [-0.3, -0.25) is 9.59 Å². The Morgan fingerprint density at radius 3 is 2.75 bits per heavy atom. The summed E-state index contributed by atoms with van der Waals surface area (Å²) in [5.41, 5.74) is 5.83. The minimum Gasteiger partial charge on any atom is -0.350 e. The summed E-state index contributed by atoms with van der Waals surface area (Å²) in [5, 5.41) is 5.14. The van der Waals surface area contributed by atoms with Gasteiger partial charge in [-0.15, -0.1) is 11.3 Å². The molecule has 2 amide bonds. The summed E-state index contributed by atoms with van der Waals surface area (Å²) in [5.74, 6) is -0.127. The van der Waals surface area contributed by atoms with Crippen molar-refractivity contribution < 1.29 is 9.59 Å². The third-order valence-corrected chi connectivity index (χ3v) is 4.16. The molecule has 2 heterocycles. The zero-order chi connectivity index (χ0) is 14.4. The highest BCUT2D eigenvalue weighted by atomic mass is 32.1. The van der Waals surface area contributed by atoms with E-state index >= 15 is 0 Å². The third kappa shape index (κ3) is 4.01. The van der Waals surface area contributed by atoms with Gasteiger partial charge in [0.05, 0.1) is 0 Å². The van der Waals surface area contributed by atoms with Crippen LogP contribution in [0.1, 0.15) is 41.2 Å². The Labute approximate surface area is 122 Å². The van der Waals surface area contributed by atoms with Gasteiger partial charge in [0.15, 0.2) is 0 Å². The van der Waals surface area contributed by atoms with Gasteiger partial charge < -0.3 is 16.0 Å². The van der Waals surface area contributed by atoms with Crippen LogP contribution in [0, 0.1) is 0 Å². The van der Waals surface area contributed by atoms with E-state index in [1.54, 1.807) is 5.38 Å². The number of thiazole rings is 1. The van der Waals surface area contributed by atoms with Gasteiger partial charge in [0, 0.05) is 38.0 Å². The van der Waals surface area contributed by atoms with Crippen LogP contribution in [-0.2, 0) is 11.3 Å². The van der Waals surface area contributed by atoms with Crippen molar-refractivity contribution >= 4 is 23.2 Å². The molecule has 0 bridgehead atoms. The lowest BCUT2D eigenvalue weighted by atomic mass is 10.1. The van der Waals surface area contributed by atoms with Crippen molar-refractivity contribution in [1.29, 1.82) is 0 Å². The number of carbonyl (C=O) groups is 2. The van der Waals surface area contributed by atoms with Crippen LogP contribution in [0.15, 0.2) is 5.38 Å². The number of hydrogen-bond donors (Lipinski definition) is 2. The van der Waals surface area contributed by atoms with Gasteiger partial charge in [-0.05, 0) is 19.3 Å². The van der Waals surface area contributed by atoms with Gasteiger partial charge in [0.2, 0.25) is 5.91 Å². The number of aromatic nitrogens is 1. The topological polar surface area (TPSA) is 88.3 Å². The first-order valence-electron chi connectivity index (χ1n) is 6.91. The molecule has 7 heteroatoms. The molecule has 0 unspecified atom stereocenters. The third-order valence-electron chi connectivity index (χ3n) is 3.29. The predicted octanol–water partition coefficient (Wildman–Crippen LogP) is 0.734. The molecule has 6 nitrogen and oxygen atoms in total. The molecule has 0 aromatic carbocycles. The van der Waals surface area contributed by atoms with Crippen molar-refractivity contribution in [1.82, 2.24) is 15.2 Å². The second kappa shape index (κ2) is 7.35. The van der Waals surface area contributed by atoms with Crippen molar-refractivity contribution in [3.8, 4) is 0 Å². The first-order chi connectivity index (χ1) is 9.70. The number of carbonyl (C=O) groups excluding carboxylic acids is 2. The van der Waals surface area contributed by atoms with E-state index in [-0.39, 0.29) is 11.8 Å². The molecule has 1 aliphatic heterocycles. The molecular formula is C13H20N4O2S. The molecule has 0 saturated carbocycles. The minimum atomic E-state index is -0.243. The molecule has 1 fully saturated rings. The summed E-state index contributed by atoms with van der Waals surface area (Å²) in [6, 6.07) is 0. The van der Waals surface area contributed by atoms with Crippen molar-refractivity contribution in [2.45, 2.75) is 32.2 Å². The summed E-state index contributed by atoms with van der Waals surface area (Å²) in [6.45, 7) is 2.38. The van der Waals surface area contributed by atoms with Crippen LogP contribution in [0.4, 0.5) is 0 Å². The van der Waals surface area contributed by atoms with Crippen molar-refractivity contribution in [2.24, 2.45) is 5.73 Å². The number of rotatable bonds is 5. The van der Waals surface area contributed by atoms with Gasteiger partial charge in [0.1, 0.15) is 10.7 Å². The van der Waals surface area contributed by atoms with Crippen LogP contribution in [0.2, 0.25) is 0 Å². The summed E-state index contributed by atoms with van der Waals surface area (Å²) < 4.78 is 0. The Morgan fingerprint density at radius 2 is 2.10 bits per heavy atom. The van der Waals surface area contributed by atoms with Gasteiger partial charge >= 0.3 is 0 Å². The van der Waals surface area contributed by atoms with Crippen LogP contribution in [0.5, 0.6) is 0 Å².